The second-order valence-corrected chi connectivity index (χ2v) is 7.84. The second-order valence-electron chi connectivity index (χ2n) is 6.83. The highest BCUT2D eigenvalue weighted by atomic mass is 32.1. The Morgan fingerprint density at radius 2 is 2.00 bits per heavy atom. The number of aryl methyl sites for hydroxylation is 1. The number of amides is 1. The number of thiazole rings is 1. The van der Waals surface area contributed by atoms with E-state index in [1.165, 1.54) is 21.9 Å². The average molecular weight is 403 g/mol. The molecular formula is C19H22FN5O2S. The maximum Gasteiger partial charge on any atom is 0.230 e. The maximum atomic E-state index is 14.7. The average Bonchev–Trinajstić information content (AvgIpc) is 3.23. The standard InChI is InChI=1S/C19H22FN5O2S/c1-3-15-21-19-25(22-15)18(27)17(28-19)16(13-6-4-5-7-14(13)20)24-10-8-23(9-11-24)12(2)26/h4-7,16,27H,3,8-11H2,1-2H3. The van der Waals surface area contributed by atoms with Gasteiger partial charge < -0.3 is 10.0 Å². The van der Waals surface area contributed by atoms with Crippen molar-refractivity contribution in [2.45, 2.75) is 26.3 Å². The van der Waals surface area contributed by atoms with Crippen LogP contribution in [0.25, 0.3) is 4.96 Å². The van der Waals surface area contributed by atoms with Gasteiger partial charge in [-0.3, -0.25) is 9.69 Å². The number of aromatic nitrogens is 3. The van der Waals surface area contributed by atoms with E-state index in [9.17, 15) is 14.3 Å². The maximum absolute atomic E-state index is 14.7. The third-order valence-electron chi connectivity index (χ3n) is 5.13. The summed E-state index contributed by atoms with van der Waals surface area (Å²) >= 11 is 1.32. The molecule has 9 heteroatoms. The van der Waals surface area contributed by atoms with E-state index in [0.29, 0.717) is 53.8 Å². The third-order valence-corrected chi connectivity index (χ3v) is 6.21. The van der Waals surface area contributed by atoms with Crippen molar-refractivity contribution in [3.8, 4) is 5.88 Å². The first-order valence-corrected chi connectivity index (χ1v) is 10.1. The smallest absolute Gasteiger partial charge is 0.230 e. The number of rotatable bonds is 4. The van der Waals surface area contributed by atoms with E-state index < -0.39 is 6.04 Å². The number of fused-ring (bicyclic) bond motifs is 1. The van der Waals surface area contributed by atoms with Crippen LogP contribution in [0.15, 0.2) is 24.3 Å². The summed E-state index contributed by atoms with van der Waals surface area (Å²) in [6, 6.07) is 6.15. The van der Waals surface area contributed by atoms with Crippen molar-refractivity contribution >= 4 is 22.2 Å². The van der Waals surface area contributed by atoms with Crippen molar-refractivity contribution in [2.75, 3.05) is 26.2 Å². The number of halogens is 1. The minimum Gasteiger partial charge on any atom is -0.492 e. The summed E-state index contributed by atoms with van der Waals surface area (Å²) in [5, 5.41) is 15.2. The summed E-state index contributed by atoms with van der Waals surface area (Å²) in [5.74, 6) is 0.366. The molecule has 3 heterocycles. The van der Waals surface area contributed by atoms with E-state index in [0.717, 1.165) is 0 Å². The van der Waals surface area contributed by atoms with Gasteiger partial charge in [-0.25, -0.2) is 9.37 Å². The lowest BCUT2D eigenvalue weighted by atomic mass is 10.0. The van der Waals surface area contributed by atoms with Gasteiger partial charge in [-0.1, -0.05) is 36.5 Å². The molecule has 7 nitrogen and oxygen atoms in total. The molecule has 3 aromatic rings. The number of aromatic hydroxyl groups is 1. The number of carbonyl (C=O) groups excluding carboxylic acids is 1. The summed E-state index contributed by atoms with van der Waals surface area (Å²) in [4.78, 5) is 21.2. The number of benzene rings is 1. The predicted octanol–water partition coefficient (Wildman–Crippen LogP) is 2.45. The van der Waals surface area contributed by atoms with Gasteiger partial charge in [-0.05, 0) is 6.07 Å². The lowest BCUT2D eigenvalue weighted by Gasteiger charge is -2.38. The Labute approximate surface area is 166 Å². The summed E-state index contributed by atoms with van der Waals surface area (Å²) in [7, 11) is 0. The fraction of sp³-hybridized carbons (Fsp3) is 0.421. The van der Waals surface area contributed by atoms with Crippen LogP contribution in [0.4, 0.5) is 4.39 Å². The molecule has 0 aliphatic carbocycles. The molecule has 28 heavy (non-hydrogen) atoms. The summed E-state index contributed by atoms with van der Waals surface area (Å²) in [6.45, 7) is 5.83. The summed E-state index contributed by atoms with van der Waals surface area (Å²) in [5.41, 5.74) is 0.495. The van der Waals surface area contributed by atoms with Crippen LogP contribution in [0.1, 0.15) is 36.2 Å². The van der Waals surface area contributed by atoms with Crippen molar-refractivity contribution in [2.24, 2.45) is 0 Å². The third kappa shape index (κ3) is 3.24. The van der Waals surface area contributed by atoms with Crippen LogP contribution >= 0.6 is 11.3 Å². The molecule has 1 unspecified atom stereocenters. The Hall–Kier alpha value is -2.52. The van der Waals surface area contributed by atoms with Crippen LogP contribution < -0.4 is 0 Å². The molecule has 1 saturated heterocycles. The minimum absolute atomic E-state index is 0.00514. The first-order chi connectivity index (χ1) is 13.5. The molecule has 1 aromatic carbocycles. The van der Waals surface area contributed by atoms with E-state index in [2.05, 4.69) is 15.0 Å². The Bertz CT molecular complexity index is 1010. The Morgan fingerprint density at radius 3 is 2.61 bits per heavy atom. The highest BCUT2D eigenvalue weighted by Crippen LogP contribution is 2.41. The number of hydrogen-bond acceptors (Lipinski definition) is 6. The SMILES string of the molecule is CCc1nc2sc(C(c3ccccc3F)N3CCN(C(C)=O)CC3)c(O)n2n1. The first-order valence-electron chi connectivity index (χ1n) is 9.31. The predicted molar refractivity (Wildman–Crippen MR) is 104 cm³/mol. The molecule has 1 aliphatic heterocycles. The van der Waals surface area contributed by atoms with E-state index in [4.69, 9.17) is 0 Å². The van der Waals surface area contributed by atoms with Crippen LogP contribution in [-0.2, 0) is 11.2 Å². The second kappa shape index (κ2) is 7.48. The monoisotopic (exact) mass is 403 g/mol. The lowest BCUT2D eigenvalue weighted by Crippen LogP contribution is -2.49. The van der Waals surface area contributed by atoms with Crippen molar-refractivity contribution in [3.63, 3.8) is 0 Å². The zero-order valence-corrected chi connectivity index (χ0v) is 16.6. The fourth-order valence-electron chi connectivity index (χ4n) is 3.61. The van der Waals surface area contributed by atoms with Gasteiger partial charge in [-0.15, -0.1) is 5.10 Å². The molecule has 1 N–H and O–H groups in total. The molecule has 0 bridgehead atoms. The van der Waals surface area contributed by atoms with Gasteiger partial charge in [-0.2, -0.15) is 4.52 Å². The van der Waals surface area contributed by atoms with Gasteiger partial charge in [0, 0.05) is 45.1 Å². The molecule has 0 spiro atoms. The number of carbonyl (C=O) groups is 1. The quantitative estimate of drug-likeness (QED) is 0.724. The van der Waals surface area contributed by atoms with Crippen molar-refractivity contribution in [3.05, 3.63) is 46.3 Å². The highest BCUT2D eigenvalue weighted by Gasteiger charge is 2.33. The molecule has 4 rings (SSSR count). The van der Waals surface area contributed by atoms with Gasteiger partial charge in [0.2, 0.25) is 16.7 Å². The van der Waals surface area contributed by atoms with Crippen LogP contribution in [0.2, 0.25) is 0 Å². The Balaban J connectivity index is 1.76. The van der Waals surface area contributed by atoms with E-state index in [-0.39, 0.29) is 17.6 Å². The number of piperazine rings is 1. The van der Waals surface area contributed by atoms with Gasteiger partial charge in [0.25, 0.3) is 0 Å². The molecule has 1 amide bonds. The molecule has 1 fully saturated rings. The molecule has 1 atom stereocenters. The zero-order chi connectivity index (χ0) is 19.8. The molecule has 0 saturated carbocycles. The zero-order valence-electron chi connectivity index (χ0n) is 15.8. The molecule has 0 radical (unpaired) electrons. The topological polar surface area (TPSA) is 74.0 Å². The van der Waals surface area contributed by atoms with Gasteiger partial charge in [0.15, 0.2) is 5.82 Å². The Morgan fingerprint density at radius 1 is 1.29 bits per heavy atom. The van der Waals surface area contributed by atoms with Crippen molar-refractivity contribution in [1.29, 1.82) is 0 Å². The number of nitrogens with zero attached hydrogens (tertiary/aromatic N) is 5. The minimum atomic E-state index is -0.464. The fourth-order valence-corrected chi connectivity index (χ4v) is 4.74. The van der Waals surface area contributed by atoms with Gasteiger partial charge in [0.05, 0.1) is 10.9 Å². The molecule has 1 aliphatic rings. The lowest BCUT2D eigenvalue weighted by molar-refractivity contribution is -0.130. The van der Waals surface area contributed by atoms with Crippen molar-refractivity contribution < 1.29 is 14.3 Å². The molecular weight excluding hydrogens is 381 g/mol. The van der Waals surface area contributed by atoms with E-state index >= 15 is 0 Å². The van der Waals surface area contributed by atoms with E-state index in [1.54, 1.807) is 30.0 Å². The number of hydrogen-bond donors (Lipinski definition) is 1. The molecule has 2 aromatic heterocycles. The van der Waals surface area contributed by atoms with Gasteiger partial charge in [0.1, 0.15) is 5.82 Å². The van der Waals surface area contributed by atoms with Crippen LogP contribution in [-0.4, -0.2) is 61.6 Å². The van der Waals surface area contributed by atoms with Crippen LogP contribution in [0, 0.1) is 5.82 Å². The Kier molecular flexibility index (Phi) is 5.03. The van der Waals surface area contributed by atoms with Crippen molar-refractivity contribution in [1.82, 2.24) is 24.4 Å². The normalized spacial score (nSPS) is 16.6. The molecule has 148 valence electrons. The van der Waals surface area contributed by atoms with E-state index in [1.807, 2.05) is 6.92 Å². The summed E-state index contributed by atoms with van der Waals surface area (Å²) in [6.07, 6.45) is 0.674. The first kappa shape index (κ1) is 18.8. The summed E-state index contributed by atoms with van der Waals surface area (Å²) < 4.78 is 16.1. The highest BCUT2D eigenvalue weighted by molar-refractivity contribution is 7.17. The van der Waals surface area contributed by atoms with Gasteiger partial charge >= 0.3 is 0 Å². The van der Waals surface area contributed by atoms with Crippen LogP contribution in [0.5, 0.6) is 5.88 Å². The van der Waals surface area contributed by atoms with Crippen LogP contribution in [0.3, 0.4) is 0 Å². The largest absolute Gasteiger partial charge is 0.492 e.